The van der Waals surface area contributed by atoms with Crippen LogP contribution in [0.15, 0.2) is 180 Å². The van der Waals surface area contributed by atoms with E-state index in [4.69, 9.17) is 4.42 Å². The lowest BCUT2D eigenvalue weighted by Gasteiger charge is -2.28. The Morgan fingerprint density at radius 1 is 0.408 bits per heavy atom. The molecule has 3 heteroatoms. The molecule has 0 spiro atoms. The van der Waals surface area contributed by atoms with Crippen LogP contribution in [0, 0.1) is 0 Å². The second-order valence-corrected chi connectivity index (χ2v) is 13.6. The van der Waals surface area contributed by atoms with E-state index in [-0.39, 0.29) is 0 Å². The molecule has 0 amide bonds. The van der Waals surface area contributed by atoms with E-state index in [1.54, 1.807) is 0 Å². The molecule has 0 N–H and O–H groups in total. The summed E-state index contributed by atoms with van der Waals surface area (Å²) in [7, 11) is 0. The molecule has 0 saturated heterocycles. The minimum atomic E-state index is 0.899. The SMILES string of the molecule is c1ccc(-c2ccc(N(c3ccc4sc5ccccc5c4c3)c3ccccc3-c3ccc4oc5c6ccccc6ccc5c4c3)cc2)cc1. The third kappa shape index (κ3) is 4.62. The van der Waals surface area contributed by atoms with Crippen LogP contribution in [0.2, 0.25) is 0 Å². The predicted octanol–water partition coefficient (Wildman–Crippen LogP) is 13.9. The number of para-hydroxylation sites is 1. The van der Waals surface area contributed by atoms with E-state index in [1.165, 1.54) is 36.7 Å². The maximum absolute atomic E-state index is 6.48. The molecule has 0 aliphatic rings. The lowest BCUT2D eigenvalue weighted by Crippen LogP contribution is -2.11. The highest BCUT2D eigenvalue weighted by Crippen LogP contribution is 2.45. The van der Waals surface area contributed by atoms with Gasteiger partial charge in [-0.05, 0) is 82.7 Å². The van der Waals surface area contributed by atoms with Crippen LogP contribution in [0.5, 0.6) is 0 Å². The molecule has 230 valence electrons. The summed E-state index contributed by atoms with van der Waals surface area (Å²) < 4.78 is 9.08. The molecule has 0 aliphatic heterocycles. The minimum Gasteiger partial charge on any atom is -0.455 e. The van der Waals surface area contributed by atoms with E-state index in [0.717, 1.165) is 55.5 Å². The second-order valence-electron chi connectivity index (χ2n) is 12.5. The first kappa shape index (κ1) is 27.9. The minimum absolute atomic E-state index is 0.899. The summed E-state index contributed by atoms with van der Waals surface area (Å²) in [4.78, 5) is 2.40. The fraction of sp³-hybridized carbons (Fsp3) is 0. The Morgan fingerprint density at radius 3 is 2.00 bits per heavy atom. The first-order valence-corrected chi connectivity index (χ1v) is 17.4. The Morgan fingerprint density at radius 2 is 1.10 bits per heavy atom. The Bertz CT molecular complexity index is 2830. The van der Waals surface area contributed by atoms with Gasteiger partial charge in [-0.25, -0.2) is 0 Å². The standard InChI is InChI=1S/C46H29NOS/c1-2-10-30(11-3-1)31-18-22-34(23-19-31)47(35-24-27-45-41(29-35)38-15-7-9-17-44(38)49-45)42-16-8-6-13-36(42)33-21-26-43-40(28-33)39-25-20-32-12-4-5-14-37(32)46(39)48-43/h1-29H. The Hall–Kier alpha value is -6.16. The molecule has 10 rings (SSSR count). The van der Waals surface area contributed by atoms with Crippen molar-refractivity contribution in [1.29, 1.82) is 0 Å². The fourth-order valence-corrected chi connectivity index (χ4v) is 8.39. The highest BCUT2D eigenvalue weighted by Gasteiger charge is 2.20. The molecule has 2 aromatic heterocycles. The van der Waals surface area contributed by atoms with Gasteiger partial charge < -0.3 is 9.32 Å². The quantitative estimate of drug-likeness (QED) is 0.186. The van der Waals surface area contributed by atoms with E-state index < -0.39 is 0 Å². The van der Waals surface area contributed by atoms with Gasteiger partial charge in [0.15, 0.2) is 0 Å². The van der Waals surface area contributed by atoms with Gasteiger partial charge in [-0.2, -0.15) is 0 Å². The summed E-state index contributed by atoms with van der Waals surface area (Å²) in [6.45, 7) is 0. The van der Waals surface area contributed by atoms with Gasteiger partial charge >= 0.3 is 0 Å². The van der Waals surface area contributed by atoms with Crippen LogP contribution in [-0.2, 0) is 0 Å². The molecular formula is C46H29NOS. The Balaban J connectivity index is 1.17. The van der Waals surface area contributed by atoms with Gasteiger partial charge in [-0.3, -0.25) is 0 Å². The third-order valence-electron chi connectivity index (χ3n) is 9.67. The summed E-state index contributed by atoms with van der Waals surface area (Å²) in [6.07, 6.45) is 0. The monoisotopic (exact) mass is 643 g/mol. The number of hydrogen-bond donors (Lipinski definition) is 0. The summed E-state index contributed by atoms with van der Waals surface area (Å²) in [5.41, 5.74) is 9.89. The molecular weight excluding hydrogens is 615 g/mol. The van der Waals surface area contributed by atoms with Crippen molar-refractivity contribution < 1.29 is 4.42 Å². The Labute approximate surface area is 287 Å². The number of anilines is 3. The topological polar surface area (TPSA) is 16.4 Å². The predicted molar refractivity (Wildman–Crippen MR) is 210 cm³/mol. The lowest BCUT2D eigenvalue weighted by molar-refractivity contribution is 0.672. The highest BCUT2D eigenvalue weighted by molar-refractivity contribution is 7.25. The highest BCUT2D eigenvalue weighted by atomic mass is 32.1. The van der Waals surface area contributed by atoms with Gasteiger partial charge in [0.25, 0.3) is 0 Å². The van der Waals surface area contributed by atoms with Crippen LogP contribution in [0.3, 0.4) is 0 Å². The number of furan rings is 1. The average molecular weight is 644 g/mol. The normalized spacial score (nSPS) is 11.7. The van der Waals surface area contributed by atoms with Crippen LogP contribution in [0.1, 0.15) is 0 Å². The van der Waals surface area contributed by atoms with Crippen LogP contribution in [0.25, 0.3) is 75.1 Å². The number of benzene rings is 8. The van der Waals surface area contributed by atoms with E-state index in [9.17, 15) is 0 Å². The number of hydrogen-bond acceptors (Lipinski definition) is 3. The van der Waals surface area contributed by atoms with Crippen molar-refractivity contribution in [2.45, 2.75) is 0 Å². The van der Waals surface area contributed by atoms with Crippen molar-refractivity contribution in [3.05, 3.63) is 176 Å². The van der Waals surface area contributed by atoms with Gasteiger partial charge in [-0.15, -0.1) is 11.3 Å². The van der Waals surface area contributed by atoms with Gasteiger partial charge in [0, 0.05) is 53.3 Å². The third-order valence-corrected chi connectivity index (χ3v) is 10.8. The van der Waals surface area contributed by atoms with Crippen LogP contribution < -0.4 is 4.90 Å². The van der Waals surface area contributed by atoms with Gasteiger partial charge in [0.2, 0.25) is 0 Å². The van der Waals surface area contributed by atoms with E-state index in [0.29, 0.717) is 0 Å². The van der Waals surface area contributed by atoms with E-state index in [1.807, 2.05) is 11.3 Å². The summed E-state index contributed by atoms with van der Waals surface area (Å²) in [5, 5.41) is 7.15. The van der Waals surface area contributed by atoms with Crippen molar-refractivity contribution in [2.75, 3.05) is 4.90 Å². The molecule has 2 nitrogen and oxygen atoms in total. The average Bonchev–Trinajstić information content (AvgIpc) is 3.74. The Kier molecular flexibility index (Phi) is 6.39. The number of nitrogens with zero attached hydrogens (tertiary/aromatic N) is 1. The molecule has 0 saturated carbocycles. The maximum atomic E-state index is 6.48. The van der Waals surface area contributed by atoms with Crippen molar-refractivity contribution in [3.8, 4) is 22.3 Å². The molecule has 0 aliphatic carbocycles. The lowest BCUT2D eigenvalue weighted by atomic mass is 9.98. The van der Waals surface area contributed by atoms with E-state index >= 15 is 0 Å². The molecule has 0 atom stereocenters. The second kappa shape index (κ2) is 11.2. The summed E-state index contributed by atoms with van der Waals surface area (Å²) in [5.74, 6) is 0. The zero-order valence-corrected chi connectivity index (χ0v) is 27.3. The van der Waals surface area contributed by atoms with Gasteiger partial charge in [-0.1, -0.05) is 115 Å². The molecule has 2 heterocycles. The number of rotatable bonds is 5. The summed E-state index contributed by atoms with van der Waals surface area (Å²) in [6, 6.07) is 63.3. The number of fused-ring (bicyclic) bond motifs is 8. The first-order valence-electron chi connectivity index (χ1n) is 16.6. The van der Waals surface area contributed by atoms with Gasteiger partial charge in [0.05, 0.1) is 5.69 Å². The smallest absolute Gasteiger partial charge is 0.143 e. The van der Waals surface area contributed by atoms with Crippen LogP contribution in [-0.4, -0.2) is 0 Å². The zero-order valence-electron chi connectivity index (χ0n) is 26.5. The molecule has 0 bridgehead atoms. The van der Waals surface area contributed by atoms with Crippen LogP contribution in [0.4, 0.5) is 17.1 Å². The molecule has 10 aromatic rings. The number of thiophene rings is 1. The van der Waals surface area contributed by atoms with Crippen molar-refractivity contribution in [2.24, 2.45) is 0 Å². The molecule has 0 radical (unpaired) electrons. The van der Waals surface area contributed by atoms with Crippen LogP contribution >= 0.6 is 11.3 Å². The molecule has 8 aromatic carbocycles. The van der Waals surface area contributed by atoms with Gasteiger partial charge in [0.1, 0.15) is 11.2 Å². The summed E-state index contributed by atoms with van der Waals surface area (Å²) >= 11 is 1.85. The first-order chi connectivity index (χ1) is 24.3. The largest absolute Gasteiger partial charge is 0.455 e. The zero-order chi connectivity index (χ0) is 32.3. The van der Waals surface area contributed by atoms with E-state index in [2.05, 4.69) is 181 Å². The molecule has 0 unspecified atom stereocenters. The van der Waals surface area contributed by atoms with Crippen molar-refractivity contribution in [1.82, 2.24) is 0 Å². The maximum Gasteiger partial charge on any atom is 0.143 e. The molecule has 0 fully saturated rings. The van der Waals surface area contributed by atoms with Crippen molar-refractivity contribution >= 4 is 81.3 Å². The molecule has 49 heavy (non-hydrogen) atoms. The van der Waals surface area contributed by atoms with Crippen molar-refractivity contribution in [3.63, 3.8) is 0 Å². The fourth-order valence-electron chi connectivity index (χ4n) is 7.30.